The van der Waals surface area contributed by atoms with E-state index in [9.17, 15) is 0 Å². The predicted octanol–water partition coefficient (Wildman–Crippen LogP) is 5.26. The van der Waals surface area contributed by atoms with Gasteiger partial charge in [-0.1, -0.05) is 37.0 Å². The highest BCUT2D eigenvalue weighted by atomic mass is 127. The molecule has 0 atom stereocenters. The predicted molar refractivity (Wildman–Crippen MR) is 88.6 cm³/mol. The molecule has 0 unspecified atom stereocenters. The summed E-state index contributed by atoms with van der Waals surface area (Å²) < 4.78 is 1.08. The summed E-state index contributed by atoms with van der Waals surface area (Å²) in [5.74, 6) is 0.914. The molecule has 2 aromatic rings. The molecule has 1 heterocycles. The summed E-state index contributed by atoms with van der Waals surface area (Å²) in [5.41, 5.74) is 1.69. The molecule has 6 heteroatoms. The molecule has 0 saturated heterocycles. The third kappa shape index (κ3) is 3.49. The van der Waals surface area contributed by atoms with Crippen molar-refractivity contribution in [2.24, 2.45) is 0 Å². The van der Waals surface area contributed by atoms with Crippen molar-refractivity contribution in [3.05, 3.63) is 43.8 Å². The molecule has 0 spiro atoms. The van der Waals surface area contributed by atoms with Gasteiger partial charge in [-0.3, -0.25) is 0 Å². The molecule has 2 rings (SSSR count). The molecule has 0 fully saturated rings. The van der Waals surface area contributed by atoms with Gasteiger partial charge in [-0.2, -0.15) is 0 Å². The highest BCUT2D eigenvalue weighted by Crippen LogP contribution is 2.32. The van der Waals surface area contributed by atoms with E-state index in [4.69, 9.17) is 23.2 Å². The lowest BCUT2D eigenvalue weighted by molar-refractivity contribution is 0.850. The van der Waals surface area contributed by atoms with Crippen molar-refractivity contribution >= 4 is 57.3 Å². The molecule has 0 amide bonds. The zero-order valence-corrected chi connectivity index (χ0v) is 14.1. The molecule has 0 saturated carbocycles. The molecule has 0 aliphatic carbocycles. The van der Waals surface area contributed by atoms with E-state index >= 15 is 0 Å². The first-order chi connectivity index (χ1) is 8.99. The molecule has 0 aliphatic heterocycles. The molecular weight excluding hydrogens is 396 g/mol. The lowest BCUT2D eigenvalue weighted by Gasteiger charge is -2.15. The van der Waals surface area contributed by atoms with Crippen LogP contribution in [0.1, 0.15) is 25.3 Å². The van der Waals surface area contributed by atoms with Gasteiger partial charge in [-0.25, -0.2) is 9.97 Å². The SMILES string of the molecule is CC(C)c1c(Cl)ncnc1Nc1ccc(I)cc1Cl. The number of nitrogens with one attached hydrogen (secondary N) is 1. The van der Waals surface area contributed by atoms with Gasteiger partial charge in [0.05, 0.1) is 10.7 Å². The maximum Gasteiger partial charge on any atom is 0.138 e. The number of hydrogen-bond acceptors (Lipinski definition) is 3. The zero-order chi connectivity index (χ0) is 14.0. The third-order valence-corrected chi connectivity index (χ3v) is 3.88. The first-order valence-electron chi connectivity index (χ1n) is 5.71. The summed E-state index contributed by atoms with van der Waals surface area (Å²) >= 11 is 14.6. The van der Waals surface area contributed by atoms with Gasteiger partial charge in [0.1, 0.15) is 17.3 Å². The molecule has 19 heavy (non-hydrogen) atoms. The summed E-state index contributed by atoms with van der Waals surface area (Å²) in [6, 6.07) is 5.79. The van der Waals surface area contributed by atoms with E-state index in [0.717, 1.165) is 14.8 Å². The van der Waals surface area contributed by atoms with Crippen LogP contribution in [-0.2, 0) is 0 Å². The molecule has 1 aromatic heterocycles. The van der Waals surface area contributed by atoms with E-state index in [1.165, 1.54) is 6.33 Å². The van der Waals surface area contributed by atoms with Gasteiger partial charge in [0.25, 0.3) is 0 Å². The fraction of sp³-hybridized carbons (Fsp3) is 0.231. The molecule has 0 bridgehead atoms. The maximum absolute atomic E-state index is 6.21. The highest BCUT2D eigenvalue weighted by Gasteiger charge is 2.14. The fourth-order valence-corrected chi connectivity index (χ4v) is 2.96. The molecular formula is C13H12Cl2IN3. The quantitative estimate of drug-likeness (QED) is 0.557. The van der Waals surface area contributed by atoms with Crippen molar-refractivity contribution in [2.75, 3.05) is 5.32 Å². The topological polar surface area (TPSA) is 37.8 Å². The summed E-state index contributed by atoms with van der Waals surface area (Å²) in [6.45, 7) is 4.09. The van der Waals surface area contributed by atoms with Gasteiger partial charge in [0.2, 0.25) is 0 Å². The Balaban J connectivity index is 2.41. The lowest BCUT2D eigenvalue weighted by atomic mass is 10.1. The van der Waals surface area contributed by atoms with Crippen LogP contribution in [0.25, 0.3) is 0 Å². The minimum atomic E-state index is 0.221. The molecule has 1 aromatic carbocycles. The Kier molecular flexibility index (Phi) is 4.86. The normalized spacial score (nSPS) is 10.8. The Morgan fingerprint density at radius 2 is 1.95 bits per heavy atom. The van der Waals surface area contributed by atoms with Crippen molar-refractivity contribution in [1.82, 2.24) is 9.97 Å². The van der Waals surface area contributed by atoms with Gasteiger partial charge < -0.3 is 5.32 Å². The number of anilines is 2. The van der Waals surface area contributed by atoms with E-state index in [1.54, 1.807) is 0 Å². The van der Waals surface area contributed by atoms with Gasteiger partial charge in [-0.05, 0) is 46.7 Å². The Morgan fingerprint density at radius 3 is 2.58 bits per heavy atom. The first kappa shape index (κ1) is 14.8. The Labute approximate surface area is 135 Å². The van der Waals surface area contributed by atoms with Crippen LogP contribution in [0.5, 0.6) is 0 Å². The van der Waals surface area contributed by atoms with Crippen LogP contribution in [0.3, 0.4) is 0 Å². The van der Waals surface area contributed by atoms with E-state index in [-0.39, 0.29) is 5.92 Å². The van der Waals surface area contributed by atoms with Crippen LogP contribution >= 0.6 is 45.8 Å². The van der Waals surface area contributed by atoms with E-state index in [0.29, 0.717) is 16.0 Å². The highest BCUT2D eigenvalue weighted by molar-refractivity contribution is 14.1. The minimum absolute atomic E-state index is 0.221. The van der Waals surface area contributed by atoms with Crippen molar-refractivity contribution < 1.29 is 0 Å². The summed E-state index contributed by atoms with van der Waals surface area (Å²) in [7, 11) is 0. The van der Waals surface area contributed by atoms with Crippen LogP contribution in [0, 0.1) is 3.57 Å². The van der Waals surface area contributed by atoms with Gasteiger partial charge in [0, 0.05) is 9.13 Å². The third-order valence-electron chi connectivity index (χ3n) is 2.60. The maximum atomic E-state index is 6.21. The summed E-state index contributed by atoms with van der Waals surface area (Å²) in [4.78, 5) is 8.27. The number of aromatic nitrogens is 2. The fourth-order valence-electron chi connectivity index (χ4n) is 1.70. The van der Waals surface area contributed by atoms with Crippen LogP contribution in [0.2, 0.25) is 10.2 Å². The number of benzene rings is 1. The zero-order valence-electron chi connectivity index (χ0n) is 10.4. The standard InChI is InChI=1S/C13H12Cl2IN3/c1-7(2)11-12(15)17-6-18-13(11)19-10-4-3-8(16)5-9(10)14/h3-7H,1-2H3,(H,17,18,19). The largest absolute Gasteiger partial charge is 0.339 e. The van der Waals surface area contributed by atoms with Gasteiger partial charge in [0.15, 0.2) is 0 Å². The monoisotopic (exact) mass is 407 g/mol. The van der Waals surface area contributed by atoms with Crippen LogP contribution < -0.4 is 5.32 Å². The Hall–Kier alpha value is -0.590. The number of nitrogens with zero attached hydrogens (tertiary/aromatic N) is 2. The molecule has 100 valence electrons. The van der Waals surface area contributed by atoms with Crippen LogP contribution in [0.15, 0.2) is 24.5 Å². The van der Waals surface area contributed by atoms with Crippen molar-refractivity contribution in [1.29, 1.82) is 0 Å². The van der Waals surface area contributed by atoms with Crippen molar-refractivity contribution in [3.63, 3.8) is 0 Å². The van der Waals surface area contributed by atoms with Crippen LogP contribution in [0.4, 0.5) is 11.5 Å². The lowest BCUT2D eigenvalue weighted by Crippen LogP contribution is -2.03. The molecule has 3 nitrogen and oxygen atoms in total. The van der Waals surface area contributed by atoms with Gasteiger partial charge >= 0.3 is 0 Å². The summed E-state index contributed by atoms with van der Waals surface area (Å²) in [6.07, 6.45) is 1.44. The first-order valence-corrected chi connectivity index (χ1v) is 7.55. The molecule has 0 radical (unpaired) electrons. The second-order valence-corrected chi connectivity index (χ2v) is 6.34. The average molecular weight is 408 g/mol. The van der Waals surface area contributed by atoms with E-state index in [2.05, 4.69) is 37.9 Å². The van der Waals surface area contributed by atoms with Gasteiger partial charge in [-0.15, -0.1) is 0 Å². The minimum Gasteiger partial charge on any atom is -0.339 e. The van der Waals surface area contributed by atoms with Crippen LogP contribution in [-0.4, -0.2) is 9.97 Å². The van der Waals surface area contributed by atoms with E-state index < -0.39 is 0 Å². The average Bonchev–Trinajstić information content (AvgIpc) is 2.32. The molecule has 1 N–H and O–H groups in total. The number of hydrogen-bond donors (Lipinski definition) is 1. The Bertz CT molecular complexity index is 602. The summed E-state index contributed by atoms with van der Waals surface area (Å²) in [5, 5.41) is 4.34. The second kappa shape index (κ2) is 6.24. The van der Waals surface area contributed by atoms with Crippen molar-refractivity contribution in [2.45, 2.75) is 19.8 Å². The van der Waals surface area contributed by atoms with Crippen molar-refractivity contribution in [3.8, 4) is 0 Å². The Morgan fingerprint density at radius 1 is 1.21 bits per heavy atom. The molecule has 0 aliphatic rings. The van der Waals surface area contributed by atoms with E-state index in [1.807, 2.05) is 32.0 Å². The second-order valence-electron chi connectivity index (χ2n) is 4.33. The smallest absolute Gasteiger partial charge is 0.138 e. The number of halogens is 3. The number of rotatable bonds is 3.